The smallest absolute Gasteiger partial charge is 0.251 e. The lowest BCUT2D eigenvalue weighted by Gasteiger charge is -2.18. The van der Waals surface area contributed by atoms with E-state index in [0.717, 1.165) is 33.6 Å². The third-order valence-electron chi connectivity index (χ3n) is 5.53. The molecule has 4 rings (SSSR count). The van der Waals surface area contributed by atoms with Crippen LogP contribution in [-0.4, -0.2) is 41.2 Å². The highest BCUT2D eigenvalue weighted by Gasteiger charge is 2.20. The molecule has 2 aromatic carbocycles. The molecule has 1 aromatic heterocycles. The third kappa shape index (κ3) is 5.53. The van der Waals surface area contributed by atoms with E-state index in [2.05, 4.69) is 40.9 Å². The summed E-state index contributed by atoms with van der Waals surface area (Å²) in [5.41, 5.74) is 2.68. The summed E-state index contributed by atoms with van der Waals surface area (Å²) in [6.07, 6.45) is 0. The molecule has 1 amide bonds. The van der Waals surface area contributed by atoms with Crippen LogP contribution in [0.1, 0.15) is 60.0 Å². The Labute approximate surface area is 204 Å². The Morgan fingerprint density at radius 2 is 1.82 bits per heavy atom. The van der Waals surface area contributed by atoms with E-state index in [0.29, 0.717) is 24.5 Å². The summed E-state index contributed by atoms with van der Waals surface area (Å²) in [4.78, 5) is 12.6. The van der Waals surface area contributed by atoms with Gasteiger partial charge in [0, 0.05) is 30.9 Å². The summed E-state index contributed by atoms with van der Waals surface area (Å²) >= 11 is 1.64. The van der Waals surface area contributed by atoms with E-state index < -0.39 is 0 Å². The Morgan fingerprint density at radius 1 is 1.09 bits per heavy atom. The number of methoxy groups -OCH3 is 1. The van der Waals surface area contributed by atoms with Crippen LogP contribution in [0.3, 0.4) is 0 Å². The van der Waals surface area contributed by atoms with Crippen LogP contribution in [0.15, 0.2) is 47.6 Å². The number of hydrogen-bond donors (Lipinski definition) is 1. The van der Waals surface area contributed by atoms with Gasteiger partial charge in [-0.1, -0.05) is 43.8 Å². The van der Waals surface area contributed by atoms with E-state index in [1.54, 1.807) is 18.9 Å². The molecule has 0 bridgehead atoms. The molecule has 1 N–H and O–H groups in total. The van der Waals surface area contributed by atoms with E-state index in [1.807, 2.05) is 42.5 Å². The minimum Gasteiger partial charge on any atom is -0.454 e. The average Bonchev–Trinajstić information content (AvgIpc) is 3.48. The van der Waals surface area contributed by atoms with E-state index in [-0.39, 0.29) is 24.7 Å². The molecular formula is C25H30N4O4S. The van der Waals surface area contributed by atoms with Crippen molar-refractivity contribution >= 4 is 17.7 Å². The van der Waals surface area contributed by atoms with E-state index in [4.69, 9.17) is 14.2 Å². The molecule has 34 heavy (non-hydrogen) atoms. The summed E-state index contributed by atoms with van der Waals surface area (Å²) < 4.78 is 18.2. The zero-order valence-corrected chi connectivity index (χ0v) is 20.7. The van der Waals surface area contributed by atoms with Gasteiger partial charge in [-0.05, 0) is 42.3 Å². The Balaban J connectivity index is 1.34. The highest BCUT2D eigenvalue weighted by atomic mass is 32.2. The van der Waals surface area contributed by atoms with Crippen molar-refractivity contribution in [3.05, 3.63) is 65.0 Å². The number of aromatic nitrogens is 3. The van der Waals surface area contributed by atoms with Gasteiger partial charge in [-0.25, -0.2) is 0 Å². The van der Waals surface area contributed by atoms with E-state index >= 15 is 0 Å². The number of rotatable bonds is 10. The second-order valence-corrected chi connectivity index (χ2v) is 9.47. The molecule has 0 fully saturated rings. The zero-order chi connectivity index (χ0) is 24.1. The van der Waals surface area contributed by atoms with Crippen molar-refractivity contribution < 1.29 is 19.0 Å². The summed E-state index contributed by atoms with van der Waals surface area (Å²) in [6, 6.07) is 13.5. The van der Waals surface area contributed by atoms with Crippen molar-refractivity contribution in [1.29, 1.82) is 0 Å². The van der Waals surface area contributed by atoms with Crippen LogP contribution in [0, 0.1) is 0 Å². The van der Waals surface area contributed by atoms with Crippen LogP contribution in [0.25, 0.3) is 0 Å². The predicted molar refractivity (Wildman–Crippen MR) is 130 cm³/mol. The van der Waals surface area contributed by atoms with Gasteiger partial charge in [-0.3, -0.25) is 4.79 Å². The number of ether oxygens (including phenoxy) is 3. The molecule has 0 spiro atoms. The first-order valence-electron chi connectivity index (χ1n) is 11.3. The number of thioether (sulfide) groups is 1. The Kier molecular flexibility index (Phi) is 7.74. The minimum atomic E-state index is -0.119. The number of nitrogens with one attached hydrogen (secondary N) is 1. The molecule has 180 valence electrons. The normalized spacial score (nSPS) is 13.3. The Morgan fingerprint density at radius 3 is 2.56 bits per heavy atom. The van der Waals surface area contributed by atoms with Gasteiger partial charge in [-0.2, -0.15) is 0 Å². The first-order chi connectivity index (χ1) is 16.5. The average molecular weight is 483 g/mol. The lowest BCUT2D eigenvalue weighted by Crippen LogP contribution is -2.22. The molecule has 0 saturated carbocycles. The van der Waals surface area contributed by atoms with Crippen molar-refractivity contribution in [2.75, 3.05) is 20.5 Å². The number of amides is 1. The van der Waals surface area contributed by atoms with Crippen LogP contribution in [-0.2, 0) is 17.0 Å². The van der Waals surface area contributed by atoms with Crippen LogP contribution in [0.5, 0.6) is 11.5 Å². The summed E-state index contributed by atoms with van der Waals surface area (Å²) in [6.45, 7) is 7.59. The van der Waals surface area contributed by atoms with Crippen molar-refractivity contribution in [2.45, 2.75) is 50.2 Å². The minimum absolute atomic E-state index is 0.119. The molecule has 3 aromatic rings. The monoisotopic (exact) mass is 482 g/mol. The number of fused-ring (bicyclic) bond motifs is 1. The fourth-order valence-electron chi connectivity index (χ4n) is 3.75. The second kappa shape index (κ2) is 10.9. The predicted octanol–water partition coefficient (Wildman–Crippen LogP) is 4.56. The molecule has 0 saturated heterocycles. The van der Waals surface area contributed by atoms with Gasteiger partial charge in [0.15, 0.2) is 16.7 Å². The molecule has 2 heterocycles. The van der Waals surface area contributed by atoms with Crippen LogP contribution < -0.4 is 14.8 Å². The Hall–Kier alpha value is -3.04. The molecule has 9 heteroatoms. The third-order valence-corrected chi connectivity index (χ3v) is 6.54. The number of benzene rings is 2. The SMILES string of the molecule is COCC(C)n1c(SCc2ccc(C(=O)NCc3ccc4c(c3)OCO4)cc2)nnc1C(C)C. The van der Waals surface area contributed by atoms with E-state index in [9.17, 15) is 4.79 Å². The molecule has 1 aliphatic heterocycles. The summed E-state index contributed by atoms with van der Waals surface area (Å²) in [7, 11) is 1.70. The van der Waals surface area contributed by atoms with Gasteiger partial charge in [0.25, 0.3) is 5.91 Å². The number of hydrogen-bond acceptors (Lipinski definition) is 7. The van der Waals surface area contributed by atoms with Crippen LogP contribution in [0.2, 0.25) is 0 Å². The number of carbonyl (C=O) groups is 1. The maximum Gasteiger partial charge on any atom is 0.251 e. The van der Waals surface area contributed by atoms with Crippen LogP contribution in [0.4, 0.5) is 0 Å². The molecule has 1 aliphatic rings. The van der Waals surface area contributed by atoms with Gasteiger partial charge in [-0.15, -0.1) is 10.2 Å². The molecular weight excluding hydrogens is 452 g/mol. The van der Waals surface area contributed by atoms with Gasteiger partial charge < -0.3 is 24.1 Å². The first kappa shape index (κ1) is 24.1. The number of nitrogens with zero attached hydrogens (tertiary/aromatic N) is 3. The lowest BCUT2D eigenvalue weighted by molar-refractivity contribution is 0.0951. The highest BCUT2D eigenvalue weighted by molar-refractivity contribution is 7.98. The van der Waals surface area contributed by atoms with E-state index in [1.165, 1.54) is 0 Å². The fraction of sp³-hybridized carbons (Fsp3) is 0.400. The summed E-state index contributed by atoms with van der Waals surface area (Å²) in [5, 5.41) is 12.6. The first-order valence-corrected chi connectivity index (χ1v) is 12.3. The van der Waals surface area contributed by atoms with Crippen molar-refractivity contribution in [1.82, 2.24) is 20.1 Å². The van der Waals surface area contributed by atoms with Crippen molar-refractivity contribution in [3.8, 4) is 11.5 Å². The van der Waals surface area contributed by atoms with Crippen LogP contribution >= 0.6 is 11.8 Å². The Bertz CT molecular complexity index is 1130. The highest BCUT2D eigenvalue weighted by Crippen LogP contribution is 2.32. The zero-order valence-electron chi connectivity index (χ0n) is 19.9. The molecule has 8 nitrogen and oxygen atoms in total. The molecule has 0 aliphatic carbocycles. The van der Waals surface area contributed by atoms with Gasteiger partial charge in [0.2, 0.25) is 6.79 Å². The quantitative estimate of drug-likeness (QED) is 0.424. The standard InChI is InChI=1S/C25H30N4O4S/c1-16(2)23-27-28-25(29(23)17(3)13-31-4)34-14-18-5-8-20(9-6-18)24(30)26-12-19-7-10-21-22(11-19)33-15-32-21/h5-11,16-17H,12-15H2,1-4H3,(H,26,30). The van der Waals surface area contributed by atoms with Gasteiger partial charge in [0.05, 0.1) is 12.6 Å². The maximum absolute atomic E-state index is 12.6. The fourth-order valence-corrected chi connectivity index (χ4v) is 4.75. The lowest BCUT2D eigenvalue weighted by atomic mass is 10.1. The molecule has 0 radical (unpaired) electrons. The maximum atomic E-state index is 12.6. The molecule has 1 unspecified atom stereocenters. The van der Waals surface area contributed by atoms with Gasteiger partial charge >= 0.3 is 0 Å². The second-order valence-electron chi connectivity index (χ2n) is 8.53. The van der Waals surface area contributed by atoms with Crippen molar-refractivity contribution in [2.24, 2.45) is 0 Å². The largest absolute Gasteiger partial charge is 0.454 e. The van der Waals surface area contributed by atoms with Crippen molar-refractivity contribution in [3.63, 3.8) is 0 Å². The van der Waals surface area contributed by atoms with Gasteiger partial charge in [0.1, 0.15) is 5.82 Å². The molecule has 1 atom stereocenters. The number of carbonyl (C=O) groups excluding carboxylic acids is 1. The summed E-state index contributed by atoms with van der Waals surface area (Å²) in [5.74, 6) is 3.29. The topological polar surface area (TPSA) is 87.5 Å².